The number of carbonyl (C=O) groups is 1. The zero-order valence-electron chi connectivity index (χ0n) is 16.0. The van der Waals surface area contributed by atoms with Crippen LogP contribution in [0.15, 0.2) is 59.1 Å². The zero-order valence-corrected chi connectivity index (χ0v) is 16.0. The maximum Gasteiger partial charge on any atom is 0.232 e. The minimum Gasteiger partial charge on any atom is -0.494 e. The molecular formula is C22H23N3O3. The van der Waals surface area contributed by atoms with Crippen molar-refractivity contribution >= 4 is 5.91 Å². The maximum absolute atomic E-state index is 12.6. The highest BCUT2D eigenvalue weighted by Crippen LogP contribution is 2.34. The summed E-state index contributed by atoms with van der Waals surface area (Å²) in [4.78, 5) is 19.0. The van der Waals surface area contributed by atoms with Crippen LogP contribution in [-0.4, -0.2) is 34.1 Å². The van der Waals surface area contributed by atoms with Crippen LogP contribution in [-0.2, 0) is 4.79 Å². The molecule has 1 aromatic heterocycles. The molecule has 1 aliphatic heterocycles. The van der Waals surface area contributed by atoms with E-state index >= 15 is 0 Å². The normalized spacial score (nSPS) is 17.7. The van der Waals surface area contributed by atoms with Crippen LogP contribution in [0.25, 0.3) is 11.4 Å². The molecule has 0 radical (unpaired) electrons. The van der Waals surface area contributed by atoms with Crippen LogP contribution in [0.4, 0.5) is 0 Å². The van der Waals surface area contributed by atoms with E-state index in [0.29, 0.717) is 31.3 Å². The number of rotatable bonds is 6. The van der Waals surface area contributed by atoms with Gasteiger partial charge in [0.15, 0.2) is 0 Å². The summed E-state index contributed by atoms with van der Waals surface area (Å²) in [5.74, 6) is 1.81. The molecular weight excluding hydrogens is 354 g/mol. The quantitative estimate of drug-likeness (QED) is 0.644. The van der Waals surface area contributed by atoms with Crippen molar-refractivity contribution in [3.63, 3.8) is 0 Å². The van der Waals surface area contributed by atoms with Gasteiger partial charge in [0.25, 0.3) is 0 Å². The van der Waals surface area contributed by atoms with Crippen LogP contribution in [0.1, 0.15) is 43.7 Å². The predicted molar refractivity (Wildman–Crippen MR) is 105 cm³/mol. The Bertz CT molecular complexity index is 954. The highest BCUT2D eigenvalue weighted by molar-refractivity contribution is 5.80. The van der Waals surface area contributed by atoms with E-state index in [2.05, 4.69) is 10.1 Å². The number of aromatic nitrogens is 2. The van der Waals surface area contributed by atoms with Crippen LogP contribution in [0, 0.1) is 0 Å². The Kier molecular flexibility index (Phi) is 5.10. The molecule has 0 spiro atoms. The summed E-state index contributed by atoms with van der Waals surface area (Å²) < 4.78 is 11.0. The van der Waals surface area contributed by atoms with Gasteiger partial charge in [-0.2, -0.15) is 4.98 Å². The molecule has 144 valence electrons. The second-order valence-electron chi connectivity index (χ2n) is 6.95. The van der Waals surface area contributed by atoms with Crippen LogP contribution in [0.2, 0.25) is 0 Å². The van der Waals surface area contributed by atoms with Gasteiger partial charge < -0.3 is 14.2 Å². The van der Waals surface area contributed by atoms with E-state index in [9.17, 15) is 4.79 Å². The summed E-state index contributed by atoms with van der Waals surface area (Å²) in [5, 5.41) is 4.11. The fraction of sp³-hybridized carbons (Fsp3) is 0.318. The van der Waals surface area contributed by atoms with E-state index < -0.39 is 0 Å². The van der Waals surface area contributed by atoms with Crippen molar-refractivity contribution in [2.75, 3.05) is 13.2 Å². The standard InChI is InChI=1S/C22H23N3O3/c1-3-27-19-11-7-10-17(12-19)21-23-22(28-24-21)18-13-20(26)25(14-18)15(2)16-8-5-4-6-9-16/h4-12,15,18H,3,13-14H2,1-2H3. The first-order chi connectivity index (χ1) is 13.7. The minimum atomic E-state index is -0.0880. The molecule has 1 amide bonds. The first-order valence-corrected chi connectivity index (χ1v) is 9.57. The van der Waals surface area contributed by atoms with Crippen molar-refractivity contribution in [3.8, 4) is 17.1 Å². The number of likely N-dealkylation sites (tertiary alicyclic amines) is 1. The highest BCUT2D eigenvalue weighted by atomic mass is 16.5. The average molecular weight is 377 g/mol. The maximum atomic E-state index is 12.6. The molecule has 4 rings (SSSR count). The van der Waals surface area contributed by atoms with Gasteiger partial charge in [-0.1, -0.05) is 47.6 Å². The Hall–Kier alpha value is -3.15. The van der Waals surface area contributed by atoms with Crippen LogP contribution in [0.3, 0.4) is 0 Å². The molecule has 1 aliphatic rings. The third kappa shape index (κ3) is 3.63. The van der Waals surface area contributed by atoms with Gasteiger partial charge in [-0.3, -0.25) is 4.79 Å². The van der Waals surface area contributed by atoms with E-state index in [4.69, 9.17) is 9.26 Å². The van der Waals surface area contributed by atoms with Crippen LogP contribution in [0.5, 0.6) is 5.75 Å². The van der Waals surface area contributed by atoms with Gasteiger partial charge >= 0.3 is 0 Å². The molecule has 6 heteroatoms. The van der Waals surface area contributed by atoms with Crippen LogP contribution >= 0.6 is 0 Å². The van der Waals surface area contributed by atoms with Crippen molar-refractivity contribution in [1.82, 2.24) is 15.0 Å². The molecule has 1 fully saturated rings. The van der Waals surface area contributed by atoms with Crippen LogP contribution < -0.4 is 4.74 Å². The molecule has 0 saturated carbocycles. The van der Waals surface area contributed by atoms with Gasteiger partial charge in [0.2, 0.25) is 17.6 Å². The van der Waals surface area contributed by atoms with Gasteiger partial charge in [-0.25, -0.2) is 0 Å². The molecule has 1 saturated heterocycles. The molecule has 2 aromatic carbocycles. The third-order valence-corrected chi connectivity index (χ3v) is 5.10. The molecule has 28 heavy (non-hydrogen) atoms. The average Bonchev–Trinajstić information content (AvgIpc) is 3.36. The minimum absolute atomic E-state index is 0.0176. The summed E-state index contributed by atoms with van der Waals surface area (Å²) in [6.07, 6.45) is 0.387. The van der Waals surface area contributed by atoms with E-state index in [1.807, 2.05) is 73.3 Å². The third-order valence-electron chi connectivity index (χ3n) is 5.10. The van der Waals surface area contributed by atoms with Crippen molar-refractivity contribution in [2.45, 2.75) is 32.2 Å². The second kappa shape index (κ2) is 7.84. The largest absolute Gasteiger partial charge is 0.494 e. The molecule has 2 atom stereocenters. The SMILES string of the molecule is CCOc1cccc(-c2noc(C3CC(=O)N(C(C)c4ccccc4)C3)n2)c1. The summed E-state index contributed by atoms with van der Waals surface area (Å²) in [6.45, 7) is 5.17. The molecule has 3 aromatic rings. The van der Waals surface area contributed by atoms with E-state index in [-0.39, 0.29) is 17.9 Å². The zero-order chi connectivity index (χ0) is 19.5. The van der Waals surface area contributed by atoms with Crippen molar-refractivity contribution in [1.29, 1.82) is 0 Å². The van der Waals surface area contributed by atoms with Crippen molar-refractivity contribution < 1.29 is 14.1 Å². The van der Waals surface area contributed by atoms with Gasteiger partial charge in [0, 0.05) is 18.5 Å². The number of benzene rings is 2. The monoisotopic (exact) mass is 377 g/mol. The highest BCUT2D eigenvalue weighted by Gasteiger charge is 2.37. The second-order valence-corrected chi connectivity index (χ2v) is 6.95. The van der Waals surface area contributed by atoms with E-state index in [1.54, 1.807) is 0 Å². The van der Waals surface area contributed by atoms with Gasteiger partial charge in [0.1, 0.15) is 5.75 Å². The number of amides is 1. The number of nitrogens with zero attached hydrogens (tertiary/aromatic N) is 3. The fourth-order valence-corrected chi connectivity index (χ4v) is 3.59. The molecule has 0 N–H and O–H groups in total. The van der Waals surface area contributed by atoms with Gasteiger partial charge in [0.05, 0.1) is 18.6 Å². The van der Waals surface area contributed by atoms with Crippen molar-refractivity contribution in [3.05, 3.63) is 66.1 Å². The first kappa shape index (κ1) is 18.2. The lowest BCUT2D eigenvalue weighted by molar-refractivity contribution is -0.129. The molecule has 0 bridgehead atoms. The Labute approximate surface area is 164 Å². The lowest BCUT2D eigenvalue weighted by Crippen LogP contribution is -2.28. The topological polar surface area (TPSA) is 68.5 Å². The summed E-state index contributed by atoms with van der Waals surface area (Å²) in [7, 11) is 0. The predicted octanol–water partition coefficient (Wildman–Crippen LogP) is 4.21. The Morgan fingerprint density at radius 2 is 2.04 bits per heavy atom. The fourth-order valence-electron chi connectivity index (χ4n) is 3.59. The molecule has 2 heterocycles. The summed E-state index contributed by atoms with van der Waals surface area (Å²) in [6, 6.07) is 17.7. The number of ether oxygens (including phenoxy) is 1. The number of hydrogen-bond acceptors (Lipinski definition) is 5. The van der Waals surface area contributed by atoms with E-state index in [1.165, 1.54) is 0 Å². The first-order valence-electron chi connectivity index (χ1n) is 9.57. The lowest BCUT2D eigenvalue weighted by atomic mass is 10.1. The molecule has 6 nitrogen and oxygen atoms in total. The van der Waals surface area contributed by atoms with Crippen molar-refractivity contribution in [2.24, 2.45) is 0 Å². The van der Waals surface area contributed by atoms with Gasteiger partial charge in [-0.05, 0) is 31.5 Å². The van der Waals surface area contributed by atoms with Gasteiger partial charge in [-0.15, -0.1) is 0 Å². The smallest absolute Gasteiger partial charge is 0.232 e. The summed E-state index contributed by atoms with van der Waals surface area (Å²) in [5.41, 5.74) is 1.95. The Morgan fingerprint density at radius 1 is 1.21 bits per heavy atom. The lowest BCUT2D eigenvalue weighted by Gasteiger charge is -2.24. The number of carbonyl (C=O) groups excluding carboxylic acids is 1. The molecule has 2 unspecified atom stereocenters. The Balaban J connectivity index is 1.50. The molecule has 0 aliphatic carbocycles. The Morgan fingerprint density at radius 3 is 2.82 bits per heavy atom. The van der Waals surface area contributed by atoms with E-state index in [0.717, 1.165) is 16.9 Å². The number of hydrogen-bond donors (Lipinski definition) is 0. The summed E-state index contributed by atoms with van der Waals surface area (Å²) >= 11 is 0.